The van der Waals surface area contributed by atoms with E-state index < -0.39 is 0 Å². The van der Waals surface area contributed by atoms with Crippen molar-refractivity contribution >= 4 is 28.4 Å². The van der Waals surface area contributed by atoms with Crippen molar-refractivity contribution in [3.63, 3.8) is 0 Å². The van der Waals surface area contributed by atoms with Crippen molar-refractivity contribution in [3.05, 3.63) is 0 Å². The molecule has 0 radical (unpaired) electrons. The van der Waals surface area contributed by atoms with Crippen LogP contribution >= 0.6 is 24.0 Å². The summed E-state index contributed by atoms with van der Waals surface area (Å²) in [6, 6.07) is 2.08. The zero-order chi connectivity index (χ0) is 8.69. The van der Waals surface area contributed by atoms with Gasteiger partial charge in [0.2, 0.25) is 4.38 Å². The molecule has 0 heterocycles. The molecule has 62 valence electrons. The molecule has 0 aliphatic carbocycles. The van der Waals surface area contributed by atoms with Gasteiger partial charge in [0, 0.05) is 11.7 Å². The van der Waals surface area contributed by atoms with Crippen molar-refractivity contribution in [2.45, 2.75) is 25.5 Å². The largest absolute Gasteiger partial charge is 0.479 e. The quantitative estimate of drug-likeness (QED) is 0.638. The molecule has 0 aliphatic rings. The molecule has 0 bridgehead atoms. The molecule has 1 unspecified atom stereocenters. The van der Waals surface area contributed by atoms with Crippen LogP contribution in [-0.4, -0.2) is 16.2 Å². The number of nitriles is 1. The number of hydrogen-bond donors (Lipinski definition) is 0. The first-order valence-corrected chi connectivity index (χ1v) is 4.69. The Morgan fingerprint density at radius 2 is 2.45 bits per heavy atom. The predicted molar refractivity (Wildman–Crippen MR) is 51.5 cm³/mol. The molecule has 0 amide bonds. The smallest absolute Gasteiger partial charge is 0.220 e. The van der Waals surface area contributed by atoms with Gasteiger partial charge in [0.1, 0.15) is 0 Å². The average molecular weight is 189 g/mol. The fourth-order valence-corrected chi connectivity index (χ4v) is 1.77. The fraction of sp³-hybridized carbons (Fsp3) is 0.714. The minimum absolute atomic E-state index is 0.235. The van der Waals surface area contributed by atoms with Crippen LogP contribution in [0.4, 0.5) is 0 Å². The van der Waals surface area contributed by atoms with E-state index in [1.165, 1.54) is 11.8 Å². The summed E-state index contributed by atoms with van der Waals surface area (Å²) >= 11 is 6.31. The highest BCUT2D eigenvalue weighted by Crippen LogP contribution is 2.16. The van der Waals surface area contributed by atoms with Gasteiger partial charge in [0.15, 0.2) is 0 Å². The van der Waals surface area contributed by atoms with Gasteiger partial charge in [-0.25, -0.2) is 0 Å². The standard InChI is InChI=1S/C7H11NOS2/c1-3-9-7(10)11-6(2)4-5-8/h6H,3-4H2,1-2H3. The maximum Gasteiger partial charge on any atom is 0.220 e. The Morgan fingerprint density at radius 1 is 1.82 bits per heavy atom. The molecule has 0 fully saturated rings. The summed E-state index contributed by atoms with van der Waals surface area (Å²) in [4.78, 5) is 0. The van der Waals surface area contributed by atoms with E-state index in [1.807, 2.05) is 13.8 Å². The van der Waals surface area contributed by atoms with Gasteiger partial charge in [0.25, 0.3) is 0 Å². The highest BCUT2D eigenvalue weighted by atomic mass is 32.2. The number of ether oxygens (including phenoxy) is 1. The highest BCUT2D eigenvalue weighted by molar-refractivity contribution is 8.23. The Hall–Kier alpha value is -0.270. The summed E-state index contributed by atoms with van der Waals surface area (Å²) in [5.74, 6) is 0. The van der Waals surface area contributed by atoms with Gasteiger partial charge in [-0.1, -0.05) is 18.7 Å². The van der Waals surface area contributed by atoms with E-state index >= 15 is 0 Å². The van der Waals surface area contributed by atoms with E-state index in [1.54, 1.807) is 0 Å². The molecule has 1 atom stereocenters. The minimum Gasteiger partial charge on any atom is -0.479 e. The Bertz CT molecular complexity index is 164. The van der Waals surface area contributed by atoms with E-state index in [0.717, 1.165) is 0 Å². The third-order valence-electron chi connectivity index (χ3n) is 0.938. The Kier molecular flexibility index (Phi) is 6.28. The molecule has 2 nitrogen and oxygen atoms in total. The summed E-state index contributed by atoms with van der Waals surface area (Å²) in [5.41, 5.74) is 0. The van der Waals surface area contributed by atoms with Crippen LogP contribution in [0.5, 0.6) is 0 Å². The summed E-state index contributed by atoms with van der Waals surface area (Å²) in [6.45, 7) is 4.45. The lowest BCUT2D eigenvalue weighted by Gasteiger charge is -2.07. The van der Waals surface area contributed by atoms with Crippen LogP contribution in [0.15, 0.2) is 0 Å². The van der Waals surface area contributed by atoms with Crippen molar-refractivity contribution < 1.29 is 4.74 Å². The summed E-state index contributed by atoms with van der Waals surface area (Å²) < 4.78 is 5.58. The van der Waals surface area contributed by atoms with Crippen molar-refractivity contribution in [1.82, 2.24) is 0 Å². The first kappa shape index (κ1) is 10.7. The topological polar surface area (TPSA) is 33.0 Å². The van der Waals surface area contributed by atoms with Gasteiger partial charge >= 0.3 is 0 Å². The third-order valence-corrected chi connectivity index (χ3v) is 2.22. The maximum absolute atomic E-state index is 8.33. The van der Waals surface area contributed by atoms with Crippen molar-refractivity contribution in [2.75, 3.05) is 6.61 Å². The lowest BCUT2D eigenvalue weighted by atomic mass is 10.4. The van der Waals surface area contributed by atoms with Crippen LogP contribution in [0, 0.1) is 11.3 Å². The number of rotatable bonds is 3. The van der Waals surface area contributed by atoms with Crippen molar-refractivity contribution in [2.24, 2.45) is 0 Å². The maximum atomic E-state index is 8.33. The molecule has 0 rings (SSSR count). The van der Waals surface area contributed by atoms with Gasteiger partial charge in [0.05, 0.1) is 12.7 Å². The second kappa shape index (κ2) is 6.44. The average Bonchev–Trinajstić information content (AvgIpc) is 1.87. The molecule has 0 saturated carbocycles. The molecule has 4 heteroatoms. The van der Waals surface area contributed by atoms with Crippen LogP contribution in [0.2, 0.25) is 0 Å². The first-order valence-electron chi connectivity index (χ1n) is 3.41. The van der Waals surface area contributed by atoms with E-state index in [0.29, 0.717) is 17.4 Å². The number of hydrogen-bond acceptors (Lipinski definition) is 4. The highest BCUT2D eigenvalue weighted by Gasteiger charge is 2.05. The molecule has 11 heavy (non-hydrogen) atoms. The predicted octanol–water partition coefficient (Wildman–Crippen LogP) is 2.34. The first-order chi connectivity index (χ1) is 5.20. The molecule has 0 aromatic carbocycles. The van der Waals surface area contributed by atoms with Crippen molar-refractivity contribution in [3.8, 4) is 6.07 Å². The number of thiocarbonyl (C=S) groups is 1. The van der Waals surface area contributed by atoms with E-state index in [9.17, 15) is 0 Å². The van der Waals surface area contributed by atoms with E-state index in [-0.39, 0.29) is 5.25 Å². The lowest BCUT2D eigenvalue weighted by Crippen LogP contribution is -2.03. The molecule has 0 spiro atoms. The van der Waals surface area contributed by atoms with E-state index in [4.69, 9.17) is 22.2 Å². The second-order valence-corrected chi connectivity index (χ2v) is 4.01. The van der Waals surface area contributed by atoms with Gasteiger partial charge in [-0.2, -0.15) is 5.26 Å². The SMILES string of the molecule is CCOC(=S)SC(C)CC#N. The number of thioether (sulfide) groups is 1. The van der Waals surface area contributed by atoms with Crippen LogP contribution in [0.1, 0.15) is 20.3 Å². The van der Waals surface area contributed by atoms with Gasteiger partial charge in [-0.15, -0.1) is 0 Å². The molecular formula is C7H11NOS2. The van der Waals surface area contributed by atoms with Gasteiger partial charge in [-0.05, 0) is 19.1 Å². The summed E-state index contributed by atoms with van der Waals surface area (Å²) in [6.07, 6.45) is 0.512. The molecule has 0 saturated heterocycles. The summed E-state index contributed by atoms with van der Waals surface area (Å²) in [5, 5.41) is 8.57. The van der Waals surface area contributed by atoms with Crippen LogP contribution in [0.25, 0.3) is 0 Å². The molecular weight excluding hydrogens is 178 g/mol. The van der Waals surface area contributed by atoms with E-state index in [2.05, 4.69) is 6.07 Å². The zero-order valence-electron chi connectivity index (χ0n) is 6.66. The zero-order valence-corrected chi connectivity index (χ0v) is 8.30. The normalized spacial score (nSPS) is 11.7. The second-order valence-electron chi connectivity index (χ2n) is 1.97. The van der Waals surface area contributed by atoms with Crippen LogP contribution in [0.3, 0.4) is 0 Å². The third kappa shape index (κ3) is 6.14. The number of nitrogens with zero attached hydrogens (tertiary/aromatic N) is 1. The lowest BCUT2D eigenvalue weighted by molar-refractivity contribution is 0.346. The minimum atomic E-state index is 0.235. The van der Waals surface area contributed by atoms with Gasteiger partial charge in [-0.3, -0.25) is 0 Å². The Morgan fingerprint density at radius 3 is 2.91 bits per heavy atom. The molecule has 0 aromatic rings. The Labute approximate surface area is 76.9 Å². The Balaban J connectivity index is 3.50. The van der Waals surface area contributed by atoms with Crippen LogP contribution < -0.4 is 0 Å². The molecule has 0 N–H and O–H groups in total. The van der Waals surface area contributed by atoms with Crippen molar-refractivity contribution in [1.29, 1.82) is 5.26 Å². The van der Waals surface area contributed by atoms with Crippen LogP contribution in [-0.2, 0) is 4.74 Å². The fourth-order valence-electron chi connectivity index (χ4n) is 0.486. The molecule has 0 aliphatic heterocycles. The summed E-state index contributed by atoms with van der Waals surface area (Å²) in [7, 11) is 0. The van der Waals surface area contributed by atoms with Gasteiger partial charge < -0.3 is 4.74 Å². The monoisotopic (exact) mass is 189 g/mol. The molecule has 0 aromatic heterocycles.